The molecule has 31 heavy (non-hydrogen) atoms. The molecule has 0 amide bonds. The van der Waals surface area contributed by atoms with Crippen LogP contribution in [-0.2, 0) is 0 Å². The number of hydrogen-bond acceptors (Lipinski definition) is 2. The molecule has 4 aliphatic carbocycles. The molecule has 0 saturated heterocycles. The van der Waals surface area contributed by atoms with Crippen LogP contribution in [-0.4, -0.2) is 16.7 Å². The van der Waals surface area contributed by atoms with Crippen LogP contribution in [0.2, 0.25) is 0 Å². The molecule has 0 bridgehead atoms. The van der Waals surface area contributed by atoms with Gasteiger partial charge in [-0.1, -0.05) is 60.1 Å². The Bertz CT molecular complexity index is 722. The lowest BCUT2D eigenvalue weighted by Gasteiger charge is -2.62. The second kappa shape index (κ2) is 7.59. The first kappa shape index (κ1) is 23.8. The summed E-state index contributed by atoms with van der Waals surface area (Å²) in [6, 6.07) is 0. The van der Waals surface area contributed by atoms with Crippen LogP contribution in [0.4, 0.5) is 0 Å². The molecule has 0 aromatic carbocycles. The van der Waals surface area contributed by atoms with Crippen molar-refractivity contribution < 1.29 is 5.11 Å². The molecule has 4 rings (SSSR count). The van der Waals surface area contributed by atoms with E-state index in [4.69, 9.17) is 5.73 Å². The maximum atomic E-state index is 10.7. The Balaban J connectivity index is 1.58. The predicted molar refractivity (Wildman–Crippen MR) is 132 cm³/mol. The first-order valence-electron chi connectivity index (χ1n) is 13.4. The van der Waals surface area contributed by atoms with Crippen molar-refractivity contribution in [2.75, 3.05) is 0 Å². The predicted octanol–water partition coefficient (Wildman–Crippen LogP) is 7.25. The summed E-state index contributed by atoms with van der Waals surface area (Å²) < 4.78 is 0. The SMILES string of the molecule is CC1CCC(O)C(C)(C)C1CCC1(C)CCC=C2C3CC(C)(C)CCC3(N)CCC21C. The number of allylic oxidation sites excluding steroid dienone is 1. The van der Waals surface area contributed by atoms with Gasteiger partial charge in [-0.3, -0.25) is 0 Å². The average molecular weight is 430 g/mol. The van der Waals surface area contributed by atoms with Gasteiger partial charge in [0.2, 0.25) is 0 Å². The molecule has 0 aromatic heterocycles. The molecule has 0 aromatic rings. The number of hydrogen-bond donors (Lipinski definition) is 2. The summed E-state index contributed by atoms with van der Waals surface area (Å²) in [6.45, 7) is 17.2. The topological polar surface area (TPSA) is 46.2 Å². The Morgan fingerprint density at radius 1 is 0.968 bits per heavy atom. The van der Waals surface area contributed by atoms with Crippen LogP contribution in [0.3, 0.4) is 0 Å². The van der Waals surface area contributed by atoms with Crippen LogP contribution in [0, 0.1) is 39.4 Å². The summed E-state index contributed by atoms with van der Waals surface area (Å²) in [7, 11) is 0. The highest BCUT2D eigenvalue weighted by Gasteiger charge is 2.58. The fraction of sp³-hybridized carbons (Fsp3) is 0.931. The molecule has 0 radical (unpaired) electrons. The van der Waals surface area contributed by atoms with E-state index in [1.807, 2.05) is 0 Å². The lowest BCUT2D eigenvalue weighted by molar-refractivity contribution is -0.0699. The Kier molecular flexibility index (Phi) is 5.83. The Morgan fingerprint density at radius 2 is 1.65 bits per heavy atom. The van der Waals surface area contributed by atoms with Crippen LogP contribution < -0.4 is 5.73 Å². The molecular formula is C29H51NO. The second-order valence-electron chi connectivity index (χ2n) is 14.3. The van der Waals surface area contributed by atoms with Crippen molar-refractivity contribution in [3.63, 3.8) is 0 Å². The van der Waals surface area contributed by atoms with Gasteiger partial charge in [-0.05, 0) is 110 Å². The fourth-order valence-corrected chi connectivity index (χ4v) is 8.68. The Hall–Kier alpha value is -0.340. The Morgan fingerprint density at radius 3 is 2.35 bits per heavy atom. The first-order valence-corrected chi connectivity index (χ1v) is 13.4. The summed E-state index contributed by atoms with van der Waals surface area (Å²) in [6.07, 6.45) is 15.9. The number of aliphatic hydroxyl groups excluding tert-OH is 1. The van der Waals surface area contributed by atoms with Crippen LogP contribution in [0.15, 0.2) is 11.6 Å². The molecular weight excluding hydrogens is 378 g/mol. The molecule has 4 aliphatic rings. The zero-order valence-electron chi connectivity index (χ0n) is 21.7. The monoisotopic (exact) mass is 429 g/mol. The van der Waals surface area contributed by atoms with Crippen molar-refractivity contribution in [3.8, 4) is 0 Å². The second-order valence-corrected chi connectivity index (χ2v) is 14.3. The molecule has 0 aliphatic heterocycles. The highest BCUT2D eigenvalue weighted by atomic mass is 16.3. The molecule has 2 nitrogen and oxygen atoms in total. The minimum absolute atomic E-state index is 0.0309. The van der Waals surface area contributed by atoms with Crippen LogP contribution in [0.1, 0.15) is 119 Å². The highest BCUT2D eigenvalue weighted by Crippen LogP contribution is 2.66. The minimum Gasteiger partial charge on any atom is -0.393 e. The largest absolute Gasteiger partial charge is 0.393 e. The number of rotatable bonds is 3. The first-order chi connectivity index (χ1) is 14.2. The van der Waals surface area contributed by atoms with Crippen molar-refractivity contribution in [3.05, 3.63) is 11.6 Å². The quantitative estimate of drug-likeness (QED) is 0.464. The Labute approximate surface area is 192 Å². The number of aliphatic hydroxyl groups is 1. The molecule has 7 atom stereocenters. The molecule has 7 unspecified atom stereocenters. The summed E-state index contributed by atoms with van der Waals surface area (Å²) in [5.74, 6) is 1.91. The van der Waals surface area contributed by atoms with E-state index in [0.29, 0.717) is 22.7 Å². The summed E-state index contributed by atoms with van der Waals surface area (Å²) >= 11 is 0. The van der Waals surface area contributed by atoms with Gasteiger partial charge in [0.25, 0.3) is 0 Å². The summed E-state index contributed by atoms with van der Waals surface area (Å²) in [5, 5.41) is 10.7. The van der Waals surface area contributed by atoms with E-state index in [9.17, 15) is 5.11 Å². The third kappa shape index (κ3) is 3.76. The van der Waals surface area contributed by atoms with Crippen LogP contribution in [0.5, 0.6) is 0 Å². The van der Waals surface area contributed by atoms with E-state index in [0.717, 1.165) is 12.3 Å². The van der Waals surface area contributed by atoms with Crippen molar-refractivity contribution in [1.82, 2.24) is 0 Å². The zero-order valence-corrected chi connectivity index (χ0v) is 21.7. The molecule has 3 fully saturated rings. The van der Waals surface area contributed by atoms with Gasteiger partial charge >= 0.3 is 0 Å². The fourth-order valence-electron chi connectivity index (χ4n) is 8.68. The summed E-state index contributed by atoms with van der Waals surface area (Å²) in [5.41, 5.74) is 9.98. The lowest BCUT2D eigenvalue weighted by Crippen LogP contribution is -2.61. The molecule has 3 saturated carbocycles. The smallest absolute Gasteiger partial charge is 0.0594 e. The third-order valence-electron chi connectivity index (χ3n) is 11.6. The van der Waals surface area contributed by atoms with Crippen molar-refractivity contribution in [1.29, 1.82) is 0 Å². The van der Waals surface area contributed by atoms with E-state index in [1.165, 1.54) is 64.2 Å². The van der Waals surface area contributed by atoms with Gasteiger partial charge in [-0.25, -0.2) is 0 Å². The number of nitrogens with two attached hydrogens (primary N) is 1. The maximum Gasteiger partial charge on any atom is 0.0594 e. The van der Waals surface area contributed by atoms with Gasteiger partial charge in [0.05, 0.1) is 6.10 Å². The van der Waals surface area contributed by atoms with E-state index in [2.05, 4.69) is 54.5 Å². The molecule has 0 spiro atoms. The third-order valence-corrected chi connectivity index (χ3v) is 11.6. The van der Waals surface area contributed by atoms with Crippen LogP contribution >= 0.6 is 0 Å². The highest BCUT2D eigenvalue weighted by molar-refractivity contribution is 5.32. The van der Waals surface area contributed by atoms with Crippen molar-refractivity contribution in [2.24, 2.45) is 45.1 Å². The molecule has 3 N–H and O–H groups in total. The van der Waals surface area contributed by atoms with Crippen molar-refractivity contribution >= 4 is 0 Å². The lowest BCUT2D eigenvalue weighted by atomic mass is 9.43. The van der Waals surface area contributed by atoms with Gasteiger partial charge < -0.3 is 10.8 Å². The standard InChI is InChI=1S/C29H51NO/c1-20-10-11-24(31)26(4,5)21(20)12-14-27(6)13-8-9-22-23-19-25(2,3)15-17-29(23,30)18-16-28(22,27)7/h9,20-21,23-24,31H,8,10-19,30H2,1-7H3. The van der Waals surface area contributed by atoms with E-state index in [-0.39, 0.29) is 22.5 Å². The van der Waals surface area contributed by atoms with Gasteiger partial charge in [0.1, 0.15) is 0 Å². The number of fused-ring (bicyclic) bond motifs is 3. The minimum atomic E-state index is -0.143. The molecule has 2 heteroatoms. The average Bonchev–Trinajstić information content (AvgIpc) is 2.67. The van der Waals surface area contributed by atoms with E-state index in [1.54, 1.807) is 5.57 Å². The van der Waals surface area contributed by atoms with Gasteiger partial charge in [0, 0.05) is 5.54 Å². The van der Waals surface area contributed by atoms with Gasteiger partial charge in [-0.2, -0.15) is 0 Å². The van der Waals surface area contributed by atoms with E-state index < -0.39 is 0 Å². The van der Waals surface area contributed by atoms with Gasteiger partial charge in [0.15, 0.2) is 0 Å². The maximum absolute atomic E-state index is 10.7. The summed E-state index contributed by atoms with van der Waals surface area (Å²) in [4.78, 5) is 0. The normalized spacial score (nSPS) is 49.0. The van der Waals surface area contributed by atoms with Crippen molar-refractivity contribution in [2.45, 2.75) is 131 Å². The zero-order chi connectivity index (χ0) is 22.9. The van der Waals surface area contributed by atoms with Gasteiger partial charge in [-0.15, -0.1) is 0 Å². The molecule has 178 valence electrons. The molecule has 0 heterocycles. The van der Waals surface area contributed by atoms with E-state index >= 15 is 0 Å². The van der Waals surface area contributed by atoms with Crippen LogP contribution in [0.25, 0.3) is 0 Å².